The van der Waals surface area contributed by atoms with Crippen molar-refractivity contribution in [2.75, 3.05) is 38.2 Å². The molecule has 0 aromatic heterocycles. The number of hydrogen-bond acceptors (Lipinski definition) is 5. The van der Waals surface area contributed by atoms with E-state index >= 15 is 0 Å². The van der Waals surface area contributed by atoms with Gasteiger partial charge in [0, 0.05) is 40.2 Å². The van der Waals surface area contributed by atoms with Gasteiger partial charge in [0.2, 0.25) is 5.91 Å². The minimum atomic E-state index is -5.39. The van der Waals surface area contributed by atoms with Gasteiger partial charge in [0.15, 0.2) is 5.78 Å². The van der Waals surface area contributed by atoms with Crippen LogP contribution in [-0.2, 0) is 21.9 Å². The third-order valence-electron chi connectivity index (χ3n) is 6.16. The lowest BCUT2D eigenvalue weighted by molar-refractivity contribution is -0.163. The molecule has 1 saturated heterocycles. The van der Waals surface area contributed by atoms with Crippen molar-refractivity contribution >= 4 is 35.2 Å². The number of nitrogens with zero attached hydrogens (tertiary/aromatic N) is 1. The van der Waals surface area contributed by atoms with Crippen LogP contribution in [-0.4, -0.2) is 49.4 Å². The van der Waals surface area contributed by atoms with Crippen LogP contribution in [0.3, 0.4) is 0 Å². The lowest BCUT2D eigenvalue weighted by atomic mass is 9.99. The summed E-state index contributed by atoms with van der Waals surface area (Å²) in [5, 5.41) is 2.79. The first-order valence-electron chi connectivity index (χ1n) is 12.5. The average Bonchev–Trinajstić information content (AvgIpc) is 2.94. The van der Waals surface area contributed by atoms with Gasteiger partial charge in [0.25, 0.3) is 0 Å². The zero-order valence-corrected chi connectivity index (χ0v) is 22.5. The summed E-state index contributed by atoms with van der Waals surface area (Å²) in [5.41, 5.74) is -4.15. The quantitative estimate of drug-likeness (QED) is 0.166. The average molecular weight is 613 g/mol. The third kappa shape index (κ3) is 7.91. The Hall–Kier alpha value is -3.84. The number of anilines is 1. The third-order valence-corrected chi connectivity index (χ3v) is 7.21. The van der Waals surface area contributed by atoms with Crippen molar-refractivity contribution in [3.63, 3.8) is 0 Å². The predicted octanol–water partition coefficient (Wildman–Crippen LogP) is 7.18. The number of carbonyl (C=O) groups excluding carboxylic acids is 2. The number of alkyl halides is 6. The van der Waals surface area contributed by atoms with Gasteiger partial charge in [-0.1, -0.05) is 36.0 Å². The number of carbonyl (C=O) groups is 2. The Bertz CT molecular complexity index is 1480. The van der Waals surface area contributed by atoms with E-state index in [1.54, 1.807) is 0 Å². The highest BCUT2D eigenvalue weighted by molar-refractivity contribution is 7.99. The number of halogens is 7. The van der Waals surface area contributed by atoms with Gasteiger partial charge in [-0.05, 0) is 48.0 Å². The van der Waals surface area contributed by atoms with E-state index in [1.807, 2.05) is 0 Å². The van der Waals surface area contributed by atoms with E-state index in [-0.39, 0.29) is 43.3 Å². The molecule has 3 aromatic carbocycles. The standard InChI is InChI=1S/C29H23F7N2O3S/c30-20-4-1-3-19(15-20)23(39)17-37-21-5-2-6-22(16-21)42-24-9-7-18(8-10-25(40)38-11-13-41-14-12-38)26(28(31,32)33)27(24)29(34,35)36/h1-10,15-16,37H,11-14,17H2/b10-8+. The van der Waals surface area contributed by atoms with Crippen LogP contribution in [0.25, 0.3) is 6.08 Å². The summed E-state index contributed by atoms with van der Waals surface area (Å²) >= 11 is 0.466. The molecule has 0 unspecified atom stereocenters. The van der Waals surface area contributed by atoms with E-state index in [0.717, 1.165) is 30.4 Å². The van der Waals surface area contributed by atoms with Crippen LogP contribution in [0.1, 0.15) is 27.0 Å². The smallest absolute Gasteiger partial charge is 0.378 e. The van der Waals surface area contributed by atoms with Crippen molar-refractivity contribution in [1.82, 2.24) is 4.90 Å². The highest BCUT2D eigenvalue weighted by Crippen LogP contribution is 2.48. The number of ether oxygens (including phenoxy) is 1. The molecule has 1 aliphatic rings. The minimum absolute atomic E-state index is 0.114. The molecule has 0 spiro atoms. The molecule has 0 aliphatic carbocycles. The summed E-state index contributed by atoms with van der Waals surface area (Å²) in [6.07, 6.45) is -9.20. The molecule has 13 heteroatoms. The molecule has 0 radical (unpaired) electrons. The van der Waals surface area contributed by atoms with Crippen LogP contribution < -0.4 is 5.32 Å². The predicted molar refractivity (Wildman–Crippen MR) is 143 cm³/mol. The van der Waals surface area contributed by atoms with E-state index in [1.165, 1.54) is 47.4 Å². The number of Topliss-reactive ketones (excluding diaryl/α,β-unsaturated/α-hetero) is 1. The van der Waals surface area contributed by atoms with Crippen molar-refractivity contribution < 1.29 is 45.1 Å². The molecule has 1 amide bonds. The first-order chi connectivity index (χ1) is 19.8. The molecule has 42 heavy (non-hydrogen) atoms. The Morgan fingerprint density at radius 1 is 0.905 bits per heavy atom. The Kier molecular flexibility index (Phi) is 9.62. The van der Waals surface area contributed by atoms with Gasteiger partial charge in [-0.25, -0.2) is 4.39 Å². The maximum atomic E-state index is 14.2. The number of amides is 1. The summed E-state index contributed by atoms with van der Waals surface area (Å²) in [7, 11) is 0. The Labute approximate surface area is 240 Å². The normalized spacial score (nSPS) is 14.3. The fraction of sp³-hybridized carbons (Fsp3) is 0.241. The lowest BCUT2D eigenvalue weighted by Crippen LogP contribution is -2.39. The fourth-order valence-electron chi connectivity index (χ4n) is 4.20. The van der Waals surface area contributed by atoms with Crippen LogP contribution in [0, 0.1) is 5.82 Å². The van der Waals surface area contributed by atoms with Crippen molar-refractivity contribution in [2.24, 2.45) is 0 Å². The molecule has 1 N–H and O–H groups in total. The van der Waals surface area contributed by atoms with E-state index in [2.05, 4.69) is 5.32 Å². The maximum Gasteiger partial charge on any atom is 0.418 e. The summed E-state index contributed by atoms with van der Waals surface area (Å²) in [4.78, 5) is 25.5. The summed E-state index contributed by atoms with van der Waals surface area (Å²) in [5.74, 6) is -1.68. The van der Waals surface area contributed by atoms with Crippen molar-refractivity contribution in [3.05, 3.63) is 94.8 Å². The molecule has 0 bridgehead atoms. The van der Waals surface area contributed by atoms with Gasteiger partial charge >= 0.3 is 12.4 Å². The molecule has 1 heterocycles. The van der Waals surface area contributed by atoms with Crippen LogP contribution in [0.15, 0.2) is 76.5 Å². The fourth-order valence-corrected chi connectivity index (χ4v) is 5.25. The number of rotatable bonds is 8. The second-order valence-corrected chi connectivity index (χ2v) is 10.2. The molecular formula is C29H23F7N2O3S. The van der Waals surface area contributed by atoms with Crippen LogP contribution in [0.5, 0.6) is 0 Å². The molecule has 1 aliphatic heterocycles. The van der Waals surface area contributed by atoms with Crippen molar-refractivity contribution in [3.8, 4) is 0 Å². The monoisotopic (exact) mass is 612 g/mol. The zero-order chi connectivity index (χ0) is 30.5. The molecule has 4 rings (SSSR count). The summed E-state index contributed by atoms with van der Waals surface area (Å²) in [6.45, 7) is 0.667. The highest BCUT2D eigenvalue weighted by Gasteiger charge is 2.46. The number of ketones is 1. The number of morpholine rings is 1. The van der Waals surface area contributed by atoms with Gasteiger partial charge in [-0.2, -0.15) is 26.3 Å². The molecule has 0 atom stereocenters. The summed E-state index contributed by atoms with van der Waals surface area (Å²) in [6, 6.07) is 12.6. The van der Waals surface area contributed by atoms with E-state index < -0.39 is 51.4 Å². The maximum absolute atomic E-state index is 14.2. The van der Waals surface area contributed by atoms with Gasteiger partial charge < -0.3 is 15.0 Å². The number of nitrogens with one attached hydrogen (secondary N) is 1. The zero-order valence-electron chi connectivity index (χ0n) is 21.7. The molecule has 222 valence electrons. The Morgan fingerprint density at radius 3 is 2.26 bits per heavy atom. The van der Waals surface area contributed by atoms with E-state index in [0.29, 0.717) is 17.4 Å². The molecule has 1 fully saturated rings. The van der Waals surface area contributed by atoms with Crippen LogP contribution in [0.2, 0.25) is 0 Å². The molecule has 3 aromatic rings. The topological polar surface area (TPSA) is 58.6 Å². The van der Waals surface area contributed by atoms with E-state index in [9.17, 15) is 40.3 Å². The first-order valence-corrected chi connectivity index (χ1v) is 13.3. The Morgan fingerprint density at radius 2 is 1.60 bits per heavy atom. The van der Waals surface area contributed by atoms with Gasteiger partial charge in [0.1, 0.15) is 5.82 Å². The van der Waals surface area contributed by atoms with Crippen molar-refractivity contribution in [2.45, 2.75) is 22.1 Å². The highest BCUT2D eigenvalue weighted by atomic mass is 32.2. The minimum Gasteiger partial charge on any atom is -0.378 e. The lowest BCUT2D eigenvalue weighted by Gasteiger charge is -2.25. The molecule has 0 saturated carbocycles. The van der Waals surface area contributed by atoms with Gasteiger partial charge in [0.05, 0.1) is 30.9 Å². The first kappa shape index (κ1) is 31.1. The van der Waals surface area contributed by atoms with Gasteiger partial charge in [-0.15, -0.1) is 0 Å². The Balaban J connectivity index is 1.61. The summed E-state index contributed by atoms with van der Waals surface area (Å²) < 4.78 is 103. The number of hydrogen-bond donors (Lipinski definition) is 1. The van der Waals surface area contributed by atoms with Crippen molar-refractivity contribution in [1.29, 1.82) is 0 Å². The molecule has 5 nitrogen and oxygen atoms in total. The second-order valence-electron chi connectivity index (χ2n) is 9.09. The van der Waals surface area contributed by atoms with Crippen LogP contribution >= 0.6 is 11.8 Å². The van der Waals surface area contributed by atoms with Crippen LogP contribution in [0.4, 0.5) is 36.4 Å². The SMILES string of the molecule is O=C(CNc1cccc(Sc2ccc(/C=C/C(=O)N3CCOCC3)c(C(F)(F)F)c2C(F)(F)F)c1)c1cccc(F)c1. The largest absolute Gasteiger partial charge is 0.418 e. The second kappa shape index (κ2) is 13.0. The van der Waals surface area contributed by atoms with Gasteiger partial charge in [-0.3, -0.25) is 9.59 Å². The molecular weight excluding hydrogens is 589 g/mol. The van der Waals surface area contributed by atoms with E-state index in [4.69, 9.17) is 4.74 Å². The number of benzene rings is 3.